The van der Waals surface area contributed by atoms with Crippen molar-refractivity contribution in [1.29, 1.82) is 0 Å². The van der Waals surface area contributed by atoms with Crippen LogP contribution in [0.5, 0.6) is 0 Å². The molecule has 1 saturated carbocycles. The Morgan fingerprint density at radius 3 is 2.67 bits per heavy atom. The van der Waals surface area contributed by atoms with E-state index in [1.165, 1.54) is 0 Å². The van der Waals surface area contributed by atoms with Crippen LogP contribution in [0.1, 0.15) is 24.6 Å². The number of pyridine rings is 1. The molecule has 1 aliphatic carbocycles. The summed E-state index contributed by atoms with van der Waals surface area (Å²) in [5.41, 5.74) is 0.815. The lowest BCUT2D eigenvalue weighted by Crippen LogP contribution is -2.01. The summed E-state index contributed by atoms with van der Waals surface area (Å²) >= 11 is 0. The van der Waals surface area contributed by atoms with Crippen molar-refractivity contribution in [3.05, 3.63) is 30.1 Å². The molecule has 2 nitrogen and oxygen atoms in total. The molecule has 12 heavy (non-hydrogen) atoms. The molecule has 0 saturated heterocycles. The minimum Gasteiger partial charge on any atom is -0.387 e. The van der Waals surface area contributed by atoms with Crippen molar-refractivity contribution in [3.63, 3.8) is 0 Å². The summed E-state index contributed by atoms with van der Waals surface area (Å²) in [5, 5.41) is 9.60. The Morgan fingerprint density at radius 2 is 2.17 bits per heavy atom. The van der Waals surface area contributed by atoms with Crippen molar-refractivity contribution in [1.82, 2.24) is 4.98 Å². The molecule has 2 rings (SSSR count). The highest BCUT2D eigenvalue weighted by atomic mass is 35.5. The second kappa shape index (κ2) is 3.87. The topological polar surface area (TPSA) is 33.1 Å². The second-order valence-corrected chi connectivity index (χ2v) is 3.04. The molecule has 1 atom stereocenters. The zero-order chi connectivity index (χ0) is 7.68. The molecule has 1 aliphatic rings. The lowest BCUT2D eigenvalue weighted by atomic mass is 10.1. The Hall–Kier alpha value is -0.600. The van der Waals surface area contributed by atoms with E-state index < -0.39 is 0 Å². The summed E-state index contributed by atoms with van der Waals surface area (Å²) in [6.45, 7) is 0. The Bertz CT molecular complexity index is 236. The van der Waals surface area contributed by atoms with Crippen LogP contribution in [-0.4, -0.2) is 10.1 Å². The highest BCUT2D eigenvalue weighted by Gasteiger charge is 2.31. The van der Waals surface area contributed by atoms with Gasteiger partial charge in [-0.25, -0.2) is 0 Å². The number of halogens is 1. The highest BCUT2D eigenvalue weighted by molar-refractivity contribution is 5.85. The van der Waals surface area contributed by atoms with Gasteiger partial charge in [0.25, 0.3) is 0 Å². The van der Waals surface area contributed by atoms with Gasteiger partial charge in [-0.15, -0.1) is 12.4 Å². The van der Waals surface area contributed by atoms with Gasteiger partial charge < -0.3 is 5.11 Å². The molecule has 0 amide bonds. The summed E-state index contributed by atoms with van der Waals surface area (Å²) in [6, 6.07) is 5.65. The van der Waals surface area contributed by atoms with Gasteiger partial charge in [-0.2, -0.15) is 0 Å². The van der Waals surface area contributed by atoms with Gasteiger partial charge in [0.15, 0.2) is 0 Å². The van der Waals surface area contributed by atoms with Crippen LogP contribution in [0.15, 0.2) is 24.4 Å². The monoisotopic (exact) mass is 185 g/mol. The molecule has 1 fully saturated rings. The predicted octanol–water partition coefficient (Wildman–Crippen LogP) is 1.95. The van der Waals surface area contributed by atoms with Gasteiger partial charge in [-0.05, 0) is 30.9 Å². The minimum absolute atomic E-state index is 0. The van der Waals surface area contributed by atoms with Crippen LogP contribution in [0.3, 0.4) is 0 Å². The Labute approximate surface area is 78.1 Å². The lowest BCUT2D eigenvalue weighted by molar-refractivity contribution is 0.149. The second-order valence-electron chi connectivity index (χ2n) is 3.04. The maximum Gasteiger partial charge on any atom is 0.0987 e. The van der Waals surface area contributed by atoms with E-state index >= 15 is 0 Å². The van der Waals surface area contributed by atoms with E-state index in [-0.39, 0.29) is 18.5 Å². The average molecular weight is 186 g/mol. The Balaban J connectivity index is 0.000000720. The minimum atomic E-state index is -0.323. The molecule has 66 valence electrons. The maximum absolute atomic E-state index is 9.60. The fourth-order valence-corrected chi connectivity index (χ4v) is 1.20. The SMILES string of the molecule is Cl.O[C@@H](c1ccccn1)C1CC1. The molecular weight excluding hydrogens is 174 g/mol. The van der Waals surface area contributed by atoms with Gasteiger partial charge in [0, 0.05) is 6.20 Å². The van der Waals surface area contributed by atoms with Crippen molar-refractivity contribution in [3.8, 4) is 0 Å². The number of aliphatic hydroxyl groups is 1. The van der Waals surface area contributed by atoms with E-state index in [4.69, 9.17) is 0 Å². The van der Waals surface area contributed by atoms with E-state index in [0.29, 0.717) is 5.92 Å². The van der Waals surface area contributed by atoms with Gasteiger partial charge in [-0.1, -0.05) is 6.07 Å². The number of nitrogens with zero attached hydrogens (tertiary/aromatic N) is 1. The van der Waals surface area contributed by atoms with E-state index in [0.717, 1.165) is 18.5 Å². The third-order valence-corrected chi connectivity index (χ3v) is 2.06. The summed E-state index contributed by atoms with van der Waals surface area (Å²) in [4.78, 5) is 4.09. The number of aromatic nitrogens is 1. The largest absolute Gasteiger partial charge is 0.387 e. The van der Waals surface area contributed by atoms with Crippen molar-refractivity contribution in [2.24, 2.45) is 5.92 Å². The van der Waals surface area contributed by atoms with Crippen molar-refractivity contribution in [2.45, 2.75) is 18.9 Å². The fourth-order valence-electron chi connectivity index (χ4n) is 1.20. The van der Waals surface area contributed by atoms with Crippen LogP contribution in [0.25, 0.3) is 0 Å². The van der Waals surface area contributed by atoms with Crippen molar-refractivity contribution < 1.29 is 5.11 Å². The van der Waals surface area contributed by atoms with Gasteiger partial charge in [0.1, 0.15) is 0 Å². The van der Waals surface area contributed by atoms with Gasteiger partial charge >= 0.3 is 0 Å². The quantitative estimate of drug-likeness (QED) is 0.764. The molecule has 0 aliphatic heterocycles. The van der Waals surface area contributed by atoms with E-state index in [1.807, 2.05) is 18.2 Å². The van der Waals surface area contributed by atoms with Crippen LogP contribution in [0.4, 0.5) is 0 Å². The van der Waals surface area contributed by atoms with Crippen LogP contribution >= 0.6 is 12.4 Å². The number of rotatable bonds is 2. The third-order valence-electron chi connectivity index (χ3n) is 2.06. The van der Waals surface area contributed by atoms with Crippen LogP contribution < -0.4 is 0 Å². The first-order chi connectivity index (χ1) is 5.38. The molecule has 1 heterocycles. The summed E-state index contributed by atoms with van der Waals surface area (Å²) in [5.74, 6) is 0.477. The first-order valence-electron chi connectivity index (χ1n) is 3.97. The molecule has 0 aromatic carbocycles. The predicted molar refractivity (Wildman–Crippen MR) is 49.2 cm³/mol. The molecule has 1 aromatic rings. The highest BCUT2D eigenvalue weighted by Crippen LogP contribution is 2.39. The van der Waals surface area contributed by atoms with E-state index in [1.54, 1.807) is 6.20 Å². The number of hydrogen-bond donors (Lipinski definition) is 1. The lowest BCUT2D eigenvalue weighted by Gasteiger charge is -2.06. The maximum atomic E-state index is 9.60. The third kappa shape index (κ3) is 1.96. The summed E-state index contributed by atoms with van der Waals surface area (Å²) in [6.07, 6.45) is 3.70. The standard InChI is InChI=1S/C9H11NO.ClH/c11-9(7-4-5-7)8-3-1-2-6-10-8;/h1-3,6-7,9,11H,4-5H2;1H/t9-;/m1./s1. The molecule has 1 N–H and O–H groups in total. The molecule has 1 aromatic heterocycles. The molecule has 3 heteroatoms. The Kier molecular flexibility index (Phi) is 3.06. The zero-order valence-electron chi connectivity index (χ0n) is 6.68. The first kappa shape index (κ1) is 9.49. The molecule has 0 spiro atoms. The normalized spacial score (nSPS) is 18.1. The van der Waals surface area contributed by atoms with Crippen LogP contribution in [-0.2, 0) is 0 Å². The summed E-state index contributed by atoms with van der Waals surface area (Å²) < 4.78 is 0. The van der Waals surface area contributed by atoms with Gasteiger partial charge in [0.2, 0.25) is 0 Å². The first-order valence-corrected chi connectivity index (χ1v) is 3.97. The zero-order valence-corrected chi connectivity index (χ0v) is 7.50. The van der Waals surface area contributed by atoms with Crippen molar-refractivity contribution in [2.75, 3.05) is 0 Å². The van der Waals surface area contributed by atoms with Crippen molar-refractivity contribution >= 4 is 12.4 Å². The number of hydrogen-bond acceptors (Lipinski definition) is 2. The van der Waals surface area contributed by atoms with Gasteiger partial charge in [0.05, 0.1) is 11.8 Å². The molecular formula is C9H12ClNO. The fraction of sp³-hybridized carbons (Fsp3) is 0.444. The van der Waals surface area contributed by atoms with E-state index in [2.05, 4.69) is 4.98 Å². The average Bonchev–Trinajstić information content (AvgIpc) is 2.87. The smallest absolute Gasteiger partial charge is 0.0987 e. The van der Waals surface area contributed by atoms with Gasteiger partial charge in [-0.3, -0.25) is 4.98 Å². The van der Waals surface area contributed by atoms with Crippen LogP contribution in [0.2, 0.25) is 0 Å². The Morgan fingerprint density at radius 1 is 1.42 bits per heavy atom. The molecule has 0 radical (unpaired) electrons. The molecule has 0 unspecified atom stereocenters. The molecule has 0 bridgehead atoms. The number of aliphatic hydroxyl groups excluding tert-OH is 1. The summed E-state index contributed by atoms with van der Waals surface area (Å²) in [7, 11) is 0. The van der Waals surface area contributed by atoms with E-state index in [9.17, 15) is 5.11 Å². The van der Waals surface area contributed by atoms with Crippen LogP contribution in [0, 0.1) is 5.92 Å².